The van der Waals surface area contributed by atoms with Gasteiger partial charge in [-0.25, -0.2) is 9.97 Å². The molecule has 0 aliphatic rings. The molecule has 1 N–H and O–H groups in total. The second kappa shape index (κ2) is 5.99. The van der Waals surface area contributed by atoms with E-state index >= 15 is 0 Å². The van der Waals surface area contributed by atoms with Crippen LogP contribution in [0.5, 0.6) is 5.88 Å². The Kier molecular flexibility index (Phi) is 4.58. The van der Waals surface area contributed by atoms with Crippen LogP contribution in [0.2, 0.25) is 0 Å². The van der Waals surface area contributed by atoms with Gasteiger partial charge in [-0.2, -0.15) is 0 Å². The summed E-state index contributed by atoms with van der Waals surface area (Å²) >= 11 is 0. The first-order valence-electron chi connectivity index (χ1n) is 4.84. The van der Waals surface area contributed by atoms with Crippen LogP contribution in [0.3, 0.4) is 0 Å². The zero-order valence-electron chi connectivity index (χ0n) is 9.03. The van der Waals surface area contributed by atoms with Crippen LogP contribution in [0, 0.1) is 12.3 Å². The van der Waals surface area contributed by atoms with Crippen LogP contribution in [0.15, 0.2) is 12.4 Å². The van der Waals surface area contributed by atoms with E-state index in [2.05, 4.69) is 21.2 Å². The first-order valence-corrected chi connectivity index (χ1v) is 4.84. The topological polar surface area (TPSA) is 47.0 Å². The Morgan fingerprint density at radius 3 is 3.00 bits per heavy atom. The maximum atomic E-state index is 5.30. The molecule has 1 aromatic rings. The number of methoxy groups -OCH3 is 1. The lowest BCUT2D eigenvalue weighted by Gasteiger charge is -2.14. The van der Waals surface area contributed by atoms with E-state index in [0.29, 0.717) is 12.3 Å². The summed E-state index contributed by atoms with van der Waals surface area (Å²) in [5.41, 5.74) is 0.863. The van der Waals surface area contributed by atoms with Crippen molar-refractivity contribution in [1.82, 2.24) is 15.3 Å². The van der Waals surface area contributed by atoms with Crippen molar-refractivity contribution in [3.8, 4) is 18.2 Å². The minimum absolute atomic E-state index is 0.0666. The summed E-state index contributed by atoms with van der Waals surface area (Å²) in [4.78, 5) is 8.12. The zero-order valence-corrected chi connectivity index (χ0v) is 9.03. The molecule has 1 heterocycles. The van der Waals surface area contributed by atoms with Gasteiger partial charge in [-0.15, -0.1) is 12.3 Å². The highest BCUT2D eigenvalue weighted by Gasteiger charge is 2.11. The van der Waals surface area contributed by atoms with E-state index in [1.165, 1.54) is 6.33 Å². The van der Waals surface area contributed by atoms with Gasteiger partial charge in [0.1, 0.15) is 6.33 Å². The molecule has 1 aromatic heterocycles. The van der Waals surface area contributed by atoms with Gasteiger partial charge < -0.3 is 10.1 Å². The number of nitrogens with one attached hydrogen (secondary N) is 1. The highest BCUT2D eigenvalue weighted by molar-refractivity contribution is 5.17. The molecule has 0 bridgehead atoms. The van der Waals surface area contributed by atoms with E-state index in [4.69, 9.17) is 11.2 Å². The molecule has 0 saturated carbocycles. The van der Waals surface area contributed by atoms with Crippen LogP contribution < -0.4 is 10.1 Å². The Balaban J connectivity index is 2.85. The summed E-state index contributed by atoms with van der Waals surface area (Å²) in [7, 11) is 1.58. The predicted octanol–water partition coefficient (Wildman–Crippen LogP) is 1.16. The fraction of sp³-hybridized carbons (Fsp3) is 0.455. The van der Waals surface area contributed by atoms with Gasteiger partial charge >= 0.3 is 0 Å². The number of aromatic nitrogens is 2. The van der Waals surface area contributed by atoms with Crippen LogP contribution in [0.1, 0.15) is 25.1 Å². The lowest BCUT2D eigenvalue weighted by molar-refractivity contribution is 0.394. The molecule has 80 valence electrons. The molecule has 0 fully saturated rings. The van der Waals surface area contributed by atoms with Gasteiger partial charge in [0.25, 0.3) is 0 Å². The molecule has 1 atom stereocenters. The maximum Gasteiger partial charge on any atom is 0.216 e. The molecule has 15 heavy (non-hydrogen) atoms. The van der Waals surface area contributed by atoms with Crippen LogP contribution in [-0.2, 0) is 0 Å². The Bertz CT molecular complexity index is 346. The molecule has 1 rings (SSSR count). The van der Waals surface area contributed by atoms with Crippen molar-refractivity contribution in [3.05, 3.63) is 18.1 Å². The normalized spacial score (nSPS) is 11.8. The average Bonchev–Trinajstić information content (AvgIpc) is 2.29. The van der Waals surface area contributed by atoms with Gasteiger partial charge in [0.15, 0.2) is 0 Å². The van der Waals surface area contributed by atoms with Crippen molar-refractivity contribution in [3.63, 3.8) is 0 Å². The maximum absolute atomic E-state index is 5.30. The van der Waals surface area contributed by atoms with E-state index in [9.17, 15) is 0 Å². The number of ether oxygens (including phenoxy) is 1. The molecule has 0 amide bonds. The first kappa shape index (κ1) is 11.5. The Labute approximate surface area is 90.1 Å². The van der Waals surface area contributed by atoms with Gasteiger partial charge in [0.05, 0.1) is 18.8 Å². The van der Waals surface area contributed by atoms with Gasteiger partial charge in [-0.1, -0.05) is 6.92 Å². The van der Waals surface area contributed by atoms with Crippen LogP contribution in [-0.4, -0.2) is 23.6 Å². The number of hydrogen-bond acceptors (Lipinski definition) is 4. The van der Waals surface area contributed by atoms with Gasteiger partial charge in [-0.05, 0) is 6.54 Å². The van der Waals surface area contributed by atoms with Crippen molar-refractivity contribution in [1.29, 1.82) is 0 Å². The lowest BCUT2D eigenvalue weighted by atomic mass is 10.1. The summed E-state index contributed by atoms with van der Waals surface area (Å²) in [6, 6.07) is 1.86. The summed E-state index contributed by atoms with van der Waals surface area (Å²) in [6.45, 7) is 2.88. The number of hydrogen-bond donors (Lipinski definition) is 1. The van der Waals surface area contributed by atoms with E-state index in [-0.39, 0.29) is 6.04 Å². The van der Waals surface area contributed by atoms with Crippen molar-refractivity contribution in [2.45, 2.75) is 19.4 Å². The van der Waals surface area contributed by atoms with Crippen molar-refractivity contribution in [2.75, 3.05) is 13.7 Å². The summed E-state index contributed by atoms with van der Waals surface area (Å²) in [5.74, 6) is 3.18. The molecule has 0 aromatic carbocycles. The quantitative estimate of drug-likeness (QED) is 0.733. The van der Waals surface area contributed by atoms with E-state index in [1.54, 1.807) is 13.2 Å². The molecule has 0 radical (unpaired) electrons. The zero-order chi connectivity index (χ0) is 11.1. The monoisotopic (exact) mass is 205 g/mol. The Morgan fingerprint density at radius 2 is 2.40 bits per heavy atom. The Morgan fingerprint density at radius 1 is 1.60 bits per heavy atom. The molecular weight excluding hydrogens is 190 g/mol. The van der Waals surface area contributed by atoms with Crippen LogP contribution in [0.25, 0.3) is 0 Å². The smallest absolute Gasteiger partial charge is 0.216 e. The molecule has 0 spiro atoms. The largest absolute Gasteiger partial charge is 0.481 e. The third kappa shape index (κ3) is 3.22. The van der Waals surface area contributed by atoms with Gasteiger partial charge in [0.2, 0.25) is 5.88 Å². The van der Waals surface area contributed by atoms with Crippen LogP contribution in [0.4, 0.5) is 0 Å². The molecule has 4 nitrogen and oxygen atoms in total. The summed E-state index contributed by atoms with van der Waals surface area (Å²) < 4.78 is 5.03. The fourth-order valence-corrected chi connectivity index (χ4v) is 1.30. The van der Waals surface area contributed by atoms with Crippen molar-refractivity contribution in [2.24, 2.45) is 0 Å². The number of nitrogens with zero attached hydrogens (tertiary/aromatic N) is 2. The van der Waals surface area contributed by atoms with Gasteiger partial charge in [0, 0.05) is 12.5 Å². The second-order valence-electron chi connectivity index (χ2n) is 3.00. The minimum atomic E-state index is 0.0666. The minimum Gasteiger partial charge on any atom is -0.481 e. The van der Waals surface area contributed by atoms with E-state index in [1.807, 2.05) is 6.92 Å². The third-order valence-corrected chi connectivity index (χ3v) is 2.00. The number of rotatable bonds is 5. The second-order valence-corrected chi connectivity index (χ2v) is 3.00. The van der Waals surface area contributed by atoms with Crippen molar-refractivity contribution < 1.29 is 4.74 Å². The van der Waals surface area contributed by atoms with E-state index < -0.39 is 0 Å². The highest BCUT2D eigenvalue weighted by Crippen LogP contribution is 2.16. The fourth-order valence-electron chi connectivity index (χ4n) is 1.30. The first-order chi connectivity index (χ1) is 7.31. The molecular formula is C11H15N3O. The highest BCUT2D eigenvalue weighted by atomic mass is 16.5. The lowest BCUT2D eigenvalue weighted by Crippen LogP contribution is -2.21. The number of terminal acetylenes is 1. The summed E-state index contributed by atoms with van der Waals surface area (Å²) in [6.07, 6.45) is 7.39. The SMILES string of the molecule is C#CCC(NCC)c1cc(OC)ncn1. The third-order valence-electron chi connectivity index (χ3n) is 2.00. The standard InChI is InChI=1S/C11H15N3O/c1-4-6-9(12-5-2)10-7-11(15-3)14-8-13-10/h1,7-9,12H,5-6H2,2-3H3. The average molecular weight is 205 g/mol. The molecule has 0 saturated heterocycles. The molecule has 0 aliphatic heterocycles. The molecule has 1 unspecified atom stereocenters. The van der Waals surface area contributed by atoms with Crippen LogP contribution >= 0.6 is 0 Å². The molecule has 4 heteroatoms. The predicted molar refractivity (Wildman–Crippen MR) is 58.5 cm³/mol. The molecule has 0 aliphatic carbocycles. The van der Waals surface area contributed by atoms with E-state index in [0.717, 1.165) is 12.2 Å². The Hall–Kier alpha value is -1.60. The summed E-state index contributed by atoms with van der Waals surface area (Å²) in [5, 5.41) is 3.26. The van der Waals surface area contributed by atoms with Crippen molar-refractivity contribution >= 4 is 0 Å². The van der Waals surface area contributed by atoms with Gasteiger partial charge in [-0.3, -0.25) is 0 Å².